The molecule has 164 valence electrons. The van der Waals surface area contributed by atoms with Crippen molar-refractivity contribution in [2.24, 2.45) is 21.7 Å². The highest BCUT2D eigenvalue weighted by Gasteiger charge is 2.15. The molecule has 0 atom stereocenters. The molecule has 0 bridgehead atoms. The largest absolute Gasteiger partial charge is 0.350 e. The van der Waals surface area contributed by atoms with Gasteiger partial charge in [-0.1, -0.05) is 12.1 Å². The van der Waals surface area contributed by atoms with Gasteiger partial charge in [-0.2, -0.15) is 10.2 Å². The van der Waals surface area contributed by atoms with Crippen LogP contribution in [0.4, 0.5) is 9.59 Å². The highest BCUT2D eigenvalue weighted by Crippen LogP contribution is 2.28. The highest BCUT2D eigenvalue weighted by molar-refractivity contribution is 5.87. The van der Waals surface area contributed by atoms with E-state index in [0.29, 0.717) is 0 Å². The summed E-state index contributed by atoms with van der Waals surface area (Å²) in [6.45, 7) is 12.3. The summed E-state index contributed by atoms with van der Waals surface area (Å²) in [7, 11) is 0. The number of hydrogen-bond donors (Lipinski definition) is 4. The zero-order chi connectivity index (χ0) is 23.3. The highest BCUT2D eigenvalue weighted by atomic mass is 16.2. The molecular formula is C23H30N6O2. The lowest BCUT2D eigenvalue weighted by Crippen LogP contribution is -2.24. The number of carbonyl (C=O) groups is 2. The second kappa shape index (κ2) is 9.88. The summed E-state index contributed by atoms with van der Waals surface area (Å²) in [6, 6.07) is 2.83. The Balaban J connectivity index is 2.53. The Morgan fingerprint density at radius 2 is 1.10 bits per heavy atom. The Kier molecular flexibility index (Phi) is 7.52. The van der Waals surface area contributed by atoms with Crippen molar-refractivity contribution in [3.63, 3.8) is 0 Å². The van der Waals surface area contributed by atoms with Crippen LogP contribution in [0, 0.1) is 41.5 Å². The van der Waals surface area contributed by atoms with Crippen molar-refractivity contribution < 1.29 is 9.59 Å². The summed E-state index contributed by atoms with van der Waals surface area (Å²) in [4.78, 5) is 21.8. The molecule has 8 heteroatoms. The van der Waals surface area contributed by atoms with Crippen molar-refractivity contribution in [1.82, 2.24) is 10.9 Å². The zero-order valence-electron chi connectivity index (χ0n) is 18.9. The van der Waals surface area contributed by atoms with E-state index in [9.17, 15) is 9.59 Å². The van der Waals surface area contributed by atoms with Gasteiger partial charge in [0.1, 0.15) is 0 Å². The maximum absolute atomic E-state index is 10.9. The topological polar surface area (TPSA) is 135 Å². The Hall–Kier alpha value is -3.68. The van der Waals surface area contributed by atoms with E-state index in [1.54, 1.807) is 12.4 Å². The molecule has 4 amide bonds. The minimum absolute atomic E-state index is 0.704. The van der Waals surface area contributed by atoms with Gasteiger partial charge in [-0.3, -0.25) is 0 Å². The summed E-state index contributed by atoms with van der Waals surface area (Å²) in [5.74, 6) is 0. The summed E-state index contributed by atoms with van der Waals surface area (Å²) in [5, 5.41) is 7.88. The average Bonchev–Trinajstić information content (AvgIpc) is 2.65. The summed E-state index contributed by atoms with van der Waals surface area (Å²) >= 11 is 0. The molecule has 0 saturated heterocycles. The number of aryl methyl sites for hydroxylation is 4. The van der Waals surface area contributed by atoms with Crippen LogP contribution in [0.2, 0.25) is 0 Å². The number of amides is 4. The van der Waals surface area contributed by atoms with Crippen molar-refractivity contribution in [1.29, 1.82) is 0 Å². The second-order valence-corrected chi connectivity index (χ2v) is 7.70. The third kappa shape index (κ3) is 5.69. The molecule has 0 aliphatic carbocycles. The Bertz CT molecular complexity index is 1000. The number of nitrogens with zero attached hydrogens (tertiary/aromatic N) is 2. The first-order valence-corrected chi connectivity index (χ1v) is 9.89. The Morgan fingerprint density at radius 3 is 1.42 bits per heavy atom. The first-order valence-electron chi connectivity index (χ1n) is 9.89. The first kappa shape index (κ1) is 23.6. The van der Waals surface area contributed by atoms with E-state index in [-0.39, 0.29) is 0 Å². The molecule has 0 saturated carbocycles. The van der Waals surface area contributed by atoms with Gasteiger partial charge in [0.05, 0.1) is 12.4 Å². The molecule has 0 unspecified atom stereocenters. The van der Waals surface area contributed by atoms with Gasteiger partial charge in [-0.05, 0) is 92.5 Å². The van der Waals surface area contributed by atoms with E-state index in [4.69, 9.17) is 11.5 Å². The van der Waals surface area contributed by atoms with Gasteiger partial charge >= 0.3 is 12.1 Å². The predicted octanol–water partition coefficient (Wildman–Crippen LogP) is 3.13. The molecule has 0 spiro atoms. The second-order valence-electron chi connectivity index (χ2n) is 7.70. The maximum atomic E-state index is 10.9. The summed E-state index contributed by atoms with van der Waals surface area (Å²) in [5.41, 5.74) is 25.7. The number of nitrogens with two attached hydrogens (primary N) is 2. The number of hydrogen-bond acceptors (Lipinski definition) is 4. The van der Waals surface area contributed by atoms with E-state index in [2.05, 4.69) is 60.9 Å². The Morgan fingerprint density at radius 1 is 0.742 bits per heavy atom. The van der Waals surface area contributed by atoms with Gasteiger partial charge in [-0.15, -0.1) is 0 Å². The van der Waals surface area contributed by atoms with Crippen LogP contribution in [0.3, 0.4) is 0 Å². The first-order chi connectivity index (χ1) is 14.5. The molecule has 0 aromatic heterocycles. The molecule has 8 nitrogen and oxygen atoms in total. The summed E-state index contributed by atoms with van der Waals surface area (Å²) < 4.78 is 0. The van der Waals surface area contributed by atoms with Crippen LogP contribution in [-0.2, 0) is 6.42 Å². The van der Waals surface area contributed by atoms with E-state index < -0.39 is 12.1 Å². The van der Waals surface area contributed by atoms with Crippen molar-refractivity contribution in [2.75, 3.05) is 0 Å². The van der Waals surface area contributed by atoms with Crippen LogP contribution in [0.5, 0.6) is 0 Å². The minimum atomic E-state index is -0.704. The lowest BCUT2D eigenvalue weighted by atomic mass is 9.85. The number of primary amides is 2. The van der Waals surface area contributed by atoms with Crippen LogP contribution >= 0.6 is 0 Å². The van der Waals surface area contributed by atoms with Gasteiger partial charge < -0.3 is 11.5 Å². The number of carbonyl (C=O) groups excluding carboxylic acids is 2. The third-order valence-electron chi connectivity index (χ3n) is 5.47. The molecule has 31 heavy (non-hydrogen) atoms. The van der Waals surface area contributed by atoms with E-state index in [1.807, 2.05) is 13.8 Å². The molecule has 0 aliphatic rings. The predicted molar refractivity (Wildman–Crippen MR) is 125 cm³/mol. The van der Waals surface area contributed by atoms with Gasteiger partial charge in [-0.25, -0.2) is 20.4 Å². The smallest absolute Gasteiger partial charge is 0.332 e. The van der Waals surface area contributed by atoms with Gasteiger partial charge in [0.15, 0.2) is 0 Å². The molecule has 6 N–H and O–H groups in total. The van der Waals surface area contributed by atoms with Crippen LogP contribution in [-0.4, -0.2) is 24.5 Å². The molecule has 0 radical (unpaired) electrons. The third-order valence-corrected chi connectivity index (χ3v) is 5.47. The number of urea groups is 2. The van der Waals surface area contributed by atoms with Crippen LogP contribution in [0.1, 0.15) is 55.6 Å². The van der Waals surface area contributed by atoms with E-state index in [1.165, 1.54) is 22.3 Å². The molecule has 2 rings (SSSR count). The van der Waals surface area contributed by atoms with Gasteiger partial charge in [0, 0.05) is 11.1 Å². The van der Waals surface area contributed by atoms with Crippen LogP contribution in [0.25, 0.3) is 0 Å². The fraction of sp³-hybridized carbons (Fsp3) is 0.304. The lowest BCUT2D eigenvalue weighted by Gasteiger charge is -2.19. The van der Waals surface area contributed by atoms with Crippen LogP contribution in [0.15, 0.2) is 22.3 Å². The molecule has 2 aromatic carbocycles. The minimum Gasteiger partial charge on any atom is -0.350 e. The van der Waals surface area contributed by atoms with Crippen molar-refractivity contribution >= 4 is 24.5 Å². The lowest BCUT2D eigenvalue weighted by molar-refractivity contribution is 0.248. The van der Waals surface area contributed by atoms with E-state index in [0.717, 1.165) is 39.8 Å². The number of benzene rings is 2. The average molecular weight is 423 g/mol. The molecule has 0 aliphatic heterocycles. The zero-order valence-corrected chi connectivity index (χ0v) is 18.9. The van der Waals surface area contributed by atoms with Crippen molar-refractivity contribution in [2.45, 2.75) is 48.0 Å². The number of rotatable bonds is 6. The van der Waals surface area contributed by atoms with Crippen molar-refractivity contribution in [3.8, 4) is 0 Å². The standard InChI is InChI=1S/C23H30N6O2/c1-12-7-14(3)20(10-26-28-22(24)30)16(5)18(12)9-19-13(2)8-15(4)21(17(19)6)11-27-29-23(25)31/h7-8,10-11H,9H2,1-6H3,(H3,24,28,30)(H3,25,29,31)/b26-10-,27-11-. The quantitative estimate of drug-likeness (QED) is 0.420. The van der Waals surface area contributed by atoms with E-state index >= 15 is 0 Å². The molecule has 0 heterocycles. The molecule has 0 fully saturated rings. The molecule has 2 aromatic rings. The normalized spacial score (nSPS) is 11.3. The Labute approximate surface area is 182 Å². The van der Waals surface area contributed by atoms with Crippen molar-refractivity contribution in [3.05, 3.63) is 67.8 Å². The maximum Gasteiger partial charge on any atom is 0.332 e. The monoisotopic (exact) mass is 422 g/mol. The SMILES string of the molecule is Cc1cc(C)c(Cc2c(C)cc(C)c(/C=N\NC(N)=O)c2C)c(C)c1/C=N\NC(N)=O. The van der Waals surface area contributed by atoms with Crippen LogP contribution < -0.4 is 22.3 Å². The number of hydrazone groups is 2. The molecular weight excluding hydrogens is 392 g/mol. The number of nitrogens with one attached hydrogen (secondary N) is 2. The van der Waals surface area contributed by atoms with Gasteiger partial charge in [0.25, 0.3) is 0 Å². The van der Waals surface area contributed by atoms with Gasteiger partial charge in [0.2, 0.25) is 0 Å². The fourth-order valence-corrected chi connectivity index (χ4v) is 3.93. The summed E-state index contributed by atoms with van der Waals surface area (Å²) in [6.07, 6.45) is 3.98. The fourth-order valence-electron chi connectivity index (χ4n) is 3.93.